The lowest BCUT2D eigenvalue weighted by Crippen LogP contribution is -2.56. The molecule has 2 amide bonds. The number of likely N-dealkylation sites (N-methyl/N-ethyl adjacent to an activating group) is 1. The number of hydrogen-bond acceptors (Lipinski definition) is 3. The first-order valence-electron chi connectivity index (χ1n) is 5.69. The molecule has 0 aromatic rings. The molecule has 1 heterocycles. The average Bonchev–Trinajstić information content (AvgIpc) is 2.24. The summed E-state index contributed by atoms with van der Waals surface area (Å²) in [7, 11) is 1.55. The summed E-state index contributed by atoms with van der Waals surface area (Å²) in [5.41, 5.74) is -0.0506. The molecule has 1 aliphatic heterocycles. The fourth-order valence-electron chi connectivity index (χ4n) is 2.02. The van der Waals surface area contributed by atoms with Crippen molar-refractivity contribution in [1.82, 2.24) is 16.0 Å². The van der Waals surface area contributed by atoms with Gasteiger partial charge in [-0.05, 0) is 24.8 Å². The second-order valence-electron chi connectivity index (χ2n) is 4.87. The van der Waals surface area contributed by atoms with Crippen molar-refractivity contribution < 1.29 is 9.59 Å². The Balaban J connectivity index is 2.49. The van der Waals surface area contributed by atoms with Gasteiger partial charge in [0.25, 0.3) is 0 Å². The molecule has 92 valence electrons. The molecular formula is C11H21N3O2. The third-order valence-electron chi connectivity index (χ3n) is 3.09. The van der Waals surface area contributed by atoms with Gasteiger partial charge in [-0.15, -0.1) is 0 Å². The van der Waals surface area contributed by atoms with Gasteiger partial charge in [0, 0.05) is 7.05 Å². The van der Waals surface area contributed by atoms with E-state index < -0.39 is 0 Å². The van der Waals surface area contributed by atoms with E-state index in [4.69, 9.17) is 0 Å². The first-order chi connectivity index (χ1) is 7.47. The Bertz CT molecular complexity index is 276. The molecule has 0 aromatic carbocycles. The van der Waals surface area contributed by atoms with Gasteiger partial charge < -0.3 is 16.0 Å². The highest BCUT2D eigenvalue weighted by Gasteiger charge is 2.36. The van der Waals surface area contributed by atoms with Crippen LogP contribution in [0.3, 0.4) is 0 Å². The van der Waals surface area contributed by atoms with Crippen LogP contribution in [-0.4, -0.2) is 38.0 Å². The summed E-state index contributed by atoms with van der Waals surface area (Å²) in [4.78, 5) is 22.9. The summed E-state index contributed by atoms with van der Waals surface area (Å²) < 4.78 is 0. The first kappa shape index (κ1) is 13.0. The van der Waals surface area contributed by atoms with E-state index in [1.807, 2.05) is 0 Å². The van der Waals surface area contributed by atoms with Crippen molar-refractivity contribution in [1.29, 1.82) is 0 Å². The predicted octanol–water partition coefficient (Wildman–Crippen LogP) is -0.373. The van der Waals surface area contributed by atoms with E-state index in [0.717, 1.165) is 19.4 Å². The SMILES string of the molecule is CNC(=O)CNC(=O)C1NCCCC1(C)C. The van der Waals surface area contributed by atoms with Crippen LogP contribution in [0, 0.1) is 5.41 Å². The molecule has 0 aromatic heterocycles. The number of piperidine rings is 1. The lowest BCUT2D eigenvalue weighted by Gasteiger charge is -2.38. The van der Waals surface area contributed by atoms with Crippen molar-refractivity contribution in [3.8, 4) is 0 Å². The number of hydrogen-bond donors (Lipinski definition) is 3. The smallest absolute Gasteiger partial charge is 0.239 e. The maximum Gasteiger partial charge on any atom is 0.239 e. The second-order valence-corrected chi connectivity index (χ2v) is 4.87. The van der Waals surface area contributed by atoms with Gasteiger partial charge in [-0.2, -0.15) is 0 Å². The monoisotopic (exact) mass is 227 g/mol. The summed E-state index contributed by atoms with van der Waals surface area (Å²) in [6, 6.07) is -0.203. The maximum atomic E-state index is 11.9. The topological polar surface area (TPSA) is 70.2 Å². The number of amides is 2. The zero-order valence-electron chi connectivity index (χ0n) is 10.2. The lowest BCUT2D eigenvalue weighted by molar-refractivity contribution is -0.129. The zero-order chi connectivity index (χ0) is 12.2. The number of carbonyl (C=O) groups is 2. The van der Waals surface area contributed by atoms with Crippen molar-refractivity contribution in [2.75, 3.05) is 20.1 Å². The second kappa shape index (κ2) is 5.30. The molecule has 1 fully saturated rings. The number of carbonyl (C=O) groups excluding carboxylic acids is 2. The molecule has 1 atom stereocenters. The molecule has 1 unspecified atom stereocenters. The van der Waals surface area contributed by atoms with E-state index >= 15 is 0 Å². The van der Waals surface area contributed by atoms with Gasteiger partial charge in [-0.25, -0.2) is 0 Å². The predicted molar refractivity (Wildman–Crippen MR) is 61.9 cm³/mol. The van der Waals surface area contributed by atoms with Crippen LogP contribution in [0.25, 0.3) is 0 Å². The normalized spacial score (nSPS) is 23.6. The molecule has 1 saturated heterocycles. The van der Waals surface area contributed by atoms with Crippen LogP contribution >= 0.6 is 0 Å². The molecular weight excluding hydrogens is 206 g/mol. The molecule has 16 heavy (non-hydrogen) atoms. The van der Waals surface area contributed by atoms with Gasteiger partial charge in [0.2, 0.25) is 11.8 Å². The van der Waals surface area contributed by atoms with Crippen LogP contribution in [0.1, 0.15) is 26.7 Å². The largest absolute Gasteiger partial charge is 0.358 e. The van der Waals surface area contributed by atoms with Crippen molar-refractivity contribution in [3.05, 3.63) is 0 Å². The van der Waals surface area contributed by atoms with Gasteiger partial charge in [0.1, 0.15) is 0 Å². The van der Waals surface area contributed by atoms with Gasteiger partial charge in [-0.1, -0.05) is 13.8 Å². The minimum Gasteiger partial charge on any atom is -0.358 e. The third kappa shape index (κ3) is 3.20. The Morgan fingerprint density at radius 1 is 1.44 bits per heavy atom. The van der Waals surface area contributed by atoms with Crippen LogP contribution in [0.4, 0.5) is 0 Å². The molecule has 5 heteroatoms. The quantitative estimate of drug-likeness (QED) is 0.616. The number of nitrogens with one attached hydrogen (secondary N) is 3. The Kier molecular flexibility index (Phi) is 4.29. The van der Waals surface area contributed by atoms with E-state index in [1.54, 1.807) is 7.05 Å². The molecule has 0 saturated carbocycles. The highest BCUT2D eigenvalue weighted by Crippen LogP contribution is 2.29. The molecule has 0 aliphatic carbocycles. The Morgan fingerprint density at radius 2 is 2.12 bits per heavy atom. The Morgan fingerprint density at radius 3 is 2.69 bits per heavy atom. The van der Waals surface area contributed by atoms with Crippen LogP contribution in [0.5, 0.6) is 0 Å². The van der Waals surface area contributed by atoms with E-state index in [1.165, 1.54) is 0 Å². The van der Waals surface area contributed by atoms with Gasteiger partial charge in [-0.3, -0.25) is 9.59 Å². The van der Waals surface area contributed by atoms with Crippen molar-refractivity contribution >= 4 is 11.8 Å². The molecule has 1 aliphatic rings. The third-order valence-corrected chi connectivity index (χ3v) is 3.09. The molecule has 0 bridgehead atoms. The van der Waals surface area contributed by atoms with Crippen molar-refractivity contribution in [3.63, 3.8) is 0 Å². The number of rotatable bonds is 3. The fourth-order valence-corrected chi connectivity index (χ4v) is 2.02. The highest BCUT2D eigenvalue weighted by atomic mass is 16.2. The van der Waals surface area contributed by atoms with E-state index in [0.29, 0.717) is 0 Å². The molecule has 3 N–H and O–H groups in total. The minimum absolute atomic E-state index is 0.0452. The van der Waals surface area contributed by atoms with Gasteiger partial charge in [0.15, 0.2) is 0 Å². The van der Waals surface area contributed by atoms with Crippen molar-refractivity contribution in [2.45, 2.75) is 32.7 Å². The zero-order valence-corrected chi connectivity index (χ0v) is 10.2. The minimum atomic E-state index is -0.203. The van der Waals surface area contributed by atoms with Crippen LogP contribution in [0.2, 0.25) is 0 Å². The average molecular weight is 227 g/mol. The summed E-state index contributed by atoms with van der Waals surface area (Å²) in [6.07, 6.45) is 2.12. The van der Waals surface area contributed by atoms with E-state index in [2.05, 4.69) is 29.8 Å². The Hall–Kier alpha value is -1.10. The van der Waals surface area contributed by atoms with Crippen LogP contribution in [0.15, 0.2) is 0 Å². The molecule has 1 rings (SSSR count). The van der Waals surface area contributed by atoms with E-state index in [9.17, 15) is 9.59 Å². The van der Waals surface area contributed by atoms with Crippen molar-refractivity contribution in [2.24, 2.45) is 5.41 Å². The van der Waals surface area contributed by atoms with E-state index in [-0.39, 0.29) is 29.8 Å². The highest BCUT2D eigenvalue weighted by molar-refractivity contribution is 5.87. The summed E-state index contributed by atoms with van der Waals surface area (Å²) >= 11 is 0. The fraction of sp³-hybridized carbons (Fsp3) is 0.818. The summed E-state index contributed by atoms with van der Waals surface area (Å²) in [5, 5.41) is 8.32. The maximum absolute atomic E-state index is 11.9. The van der Waals surface area contributed by atoms with Crippen LogP contribution < -0.4 is 16.0 Å². The van der Waals surface area contributed by atoms with Gasteiger partial charge >= 0.3 is 0 Å². The lowest BCUT2D eigenvalue weighted by atomic mass is 9.77. The molecule has 0 radical (unpaired) electrons. The van der Waals surface area contributed by atoms with Gasteiger partial charge in [0.05, 0.1) is 12.6 Å². The standard InChI is InChI=1S/C11H21N3O2/c1-11(2)5-4-6-13-9(11)10(16)14-7-8(15)12-3/h9,13H,4-7H2,1-3H3,(H,12,15)(H,14,16). The Labute approximate surface area is 96.4 Å². The summed E-state index contributed by atoms with van der Waals surface area (Å²) in [5.74, 6) is -0.268. The molecule has 5 nitrogen and oxygen atoms in total. The van der Waals surface area contributed by atoms with Crippen LogP contribution in [-0.2, 0) is 9.59 Å². The molecule has 0 spiro atoms. The summed E-state index contributed by atoms with van der Waals surface area (Å²) in [6.45, 7) is 5.05. The first-order valence-corrected chi connectivity index (χ1v) is 5.69.